The fourth-order valence-electron chi connectivity index (χ4n) is 2.11. The molecule has 2 N–H and O–H groups in total. The molecule has 1 aliphatic heterocycles. The highest BCUT2D eigenvalue weighted by atomic mass is 79.9. The minimum absolute atomic E-state index is 0.0269. The lowest BCUT2D eigenvalue weighted by atomic mass is 10.2. The second-order valence-corrected chi connectivity index (χ2v) is 6.64. The van der Waals surface area contributed by atoms with E-state index in [1.54, 1.807) is 6.07 Å². The largest absolute Gasteiger partial charge is 0.480 e. The van der Waals surface area contributed by atoms with Crippen LogP contribution in [0.3, 0.4) is 0 Å². The maximum absolute atomic E-state index is 13.7. The molecular formula is C13H14BrFN2O3S. The molecule has 1 heterocycles. The van der Waals surface area contributed by atoms with Gasteiger partial charge in [-0.15, -0.1) is 11.8 Å². The van der Waals surface area contributed by atoms with Crippen molar-refractivity contribution >= 4 is 45.4 Å². The molecule has 21 heavy (non-hydrogen) atoms. The predicted octanol–water partition coefficient (Wildman–Crippen LogP) is 3.36. The van der Waals surface area contributed by atoms with Crippen LogP contribution in [0, 0.1) is 5.82 Å². The van der Waals surface area contributed by atoms with Crippen molar-refractivity contribution in [2.45, 2.75) is 24.8 Å². The first kappa shape index (κ1) is 16.1. The van der Waals surface area contributed by atoms with Crippen LogP contribution in [0.5, 0.6) is 0 Å². The number of carbonyl (C=O) groups excluding carboxylic acids is 1. The van der Waals surface area contributed by atoms with Gasteiger partial charge in [0.1, 0.15) is 11.9 Å². The number of benzene rings is 1. The Morgan fingerprint density at radius 3 is 2.86 bits per heavy atom. The van der Waals surface area contributed by atoms with Crippen LogP contribution in [0.25, 0.3) is 0 Å². The Morgan fingerprint density at radius 2 is 2.29 bits per heavy atom. The normalized spacial score (nSPS) is 21.4. The molecule has 0 bridgehead atoms. The van der Waals surface area contributed by atoms with Crippen molar-refractivity contribution in [1.82, 2.24) is 4.90 Å². The van der Waals surface area contributed by atoms with Crippen molar-refractivity contribution in [2.24, 2.45) is 0 Å². The average molecular weight is 377 g/mol. The average Bonchev–Trinajstić information content (AvgIpc) is 2.86. The van der Waals surface area contributed by atoms with Gasteiger partial charge in [-0.1, -0.05) is 22.9 Å². The zero-order chi connectivity index (χ0) is 15.6. The van der Waals surface area contributed by atoms with E-state index in [1.165, 1.54) is 28.8 Å². The predicted molar refractivity (Wildman–Crippen MR) is 82.9 cm³/mol. The Hall–Kier alpha value is -1.28. The molecule has 1 fully saturated rings. The van der Waals surface area contributed by atoms with Crippen molar-refractivity contribution in [1.29, 1.82) is 0 Å². The summed E-state index contributed by atoms with van der Waals surface area (Å²) < 4.78 is 14.3. The fourth-order valence-corrected chi connectivity index (χ4v) is 3.79. The van der Waals surface area contributed by atoms with Crippen LogP contribution in [0.2, 0.25) is 0 Å². The molecule has 2 amide bonds. The van der Waals surface area contributed by atoms with Gasteiger partial charge in [0.05, 0.1) is 11.1 Å². The molecule has 5 nitrogen and oxygen atoms in total. The minimum atomic E-state index is -1.05. The van der Waals surface area contributed by atoms with E-state index in [-0.39, 0.29) is 11.1 Å². The second kappa shape index (κ2) is 6.65. The van der Waals surface area contributed by atoms with Crippen LogP contribution >= 0.6 is 27.7 Å². The Labute approximate surface area is 134 Å². The van der Waals surface area contributed by atoms with Crippen LogP contribution in [0.4, 0.5) is 14.9 Å². The van der Waals surface area contributed by atoms with Gasteiger partial charge in [-0.3, -0.25) is 4.90 Å². The van der Waals surface area contributed by atoms with Crippen LogP contribution in [-0.4, -0.2) is 39.2 Å². The molecular weight excluding hydrogens is 363 g/mol. The number of nitrogens with one attached hydrogen (secondary N) is 1. The number of amides is 2. The number of thioether (sulfide) groups is 1. The van der Waals surface area contributed by atoms with E-state index in [0.29, 0.717) is 16.6 Å². The first-order valence-electron chi connectivity index (χ1n) is 6.32. The van der Waals surface area contributed by atoms with Gasteiger partial charge in [0.2, 0.25) is 0 Å². The third-order valence-corrected chi connectivity index (χ3v) is 5.08. The number of rotatable bonds is 3. The third kappa shape index (κ3) is 3.49. The molecule has 2 atom stereocenters. The van der Waals surface area contributed by atoms with Gasteiger partial charge in [-0.2, -0.15) is 0 Å². The lowest BCUT2D eigenvalue weighted by Gasteiger charge is -2.26. The topological polar surface area (TPSA) is 69.6 Å². The fraction of sp³-hybridized carbons (Fsp3) is 0.385. The van der Waals surface area contributed by atoms with E-state index in [2.05, 4.69) is 21.2 Å². The SMILES string of the molecule is CCC1SCC(C(=O)O)N1C(=O)Nc1ccc(Br)cc1F. The van der Waals surface area contributed by atoms with E-state index in [1.807, 2.05) is 6.92 Å². The summed E-state index contributed by atoms with van der Waals surface area (Å²) in [5.41, 5.74) is 0.0269. The summed E-state index contributed by atoms with van der Waals surface area (Å²) in [5.74, 6) is -1.29. The lowest BCUT2D eigenvalue weighted by Crippen LogP contribution is -2.47. The molecule has 0 radical (unpaired) electrons. The summed E-state index contributed by atoms with van der Waals surface area (Å²) in [4.78, 5) is 24.8. The first-order chi connectivity index (χ1) is 9.93. The van der Waals surface area contributed by atoms with Crippen molar-refractivity contribution in [3.05, 3.63) is 28.5 Å². The van der Waals surface area contributed by atoms with E-state index < -0.39 is 23.9 Å². The van der Waals surface area contributed by atoms with Gasteiger partial charge in [0, 0.05) is 10.2 Å². The van der Waals surface area contributed by atoms with E-state index in [0.717, 1.165) is 0 Å². The summed E-state index contributed by atoms with van der Waals surface area (Å²) in [5, 5.41) is 11.4. The quantitative estimate of drug-likeness (QED) is 0.848. The Morgan fingerprint density at radius 1 is 1.57 bits per heavy atom. The number of carbonyl (C=O) groups is 2. The molecule has 2 rings (SSSR count). The number of nitrogens with zero attached hydrogens (tertiary/aromatic N) is 1. The molecule has 1 aliphatic rings. The van der Waals surface area contributed by atoms with Gasteiger partial charge in [-0.25, -0.2) is 14.0 Å². The molecule has 114 valence electrons. The van der Waals surface area contributed by atoms with Gasteiger partial charge in [-0.05, 0) is 24.6 Å². The number of hydrogen-bond acceptors (Lipinski definition) is 3. The zero-order valence-corrected chi connectivity index (χ0v) is 13.6. The van der Waals surface area contributed by atoms with E-state index in [4.69, 9.17) is 0 Å². The summed E-state index contributed by atoms with van der Waals surface area (Å²) in [6.45, 7) is 1.88. The zero-order valence-electron chi connectivity index (χ0n) is 11.2. The number of carboxylic acid groups (broad SMARTS) is 1. The standard InChI is InChI=1S/C13H14BrFN2O3S/c1-2-11-17(10(6-21-11)12(18)19)13(20)16-9-4-3-7(14)5-8(9)15/h3-5,10-11H,2,6H2,1H3,(H,16,20)(H,18,19). The van der Waals surface area contributed by atoms with E-state index >= 15 is 0 Å². The maximum Gasteiger partial charge on any atom is 0.327 e. The Bertz CT molecular complexity index is 572. The Kier molecular flexibility index (Phi) is 5.10. The third-order valence-electron chi connectivity index (χ3n) is 3.13. The molecule has 8 heteroatoms. The molecule has 0 saturated carbocycles. The smallest absolute Gasteiger partial charge is 0.327 e. The van der Waals surface area contributed by atoms with Crippen LogP contribution in [-0.2, 0) is 4.79 Å². The monoisotopic (exact) mass is 376 g/mol. The van der Waals surface area contributed by atoms with Crippen molar-refractivity contribution in [2.75, 3.05) is 11.1 Å². The van der Waals surface area contributed by atoms with Crippen LogP contribution < -0.4 is 5.32 Å². The van der Waals surface area contributed by atoms with Gasteiger partial charge in [0.25, 0.3) is 0 Å². The van der Waals surface area contributed by atoms with Crippen molar-refractivity contribution in [3.8, 4) is 0 Å². The van der Waals surface area contributed by atoms with Crippen LogP contribution in [0.1, 0.15) is 13.3 Å². The summed E-state index contributed by atoms with van der Waals surface area (Å²) in [6, 6.07) is 2.78. The van der Waals surface area contributed by atoms with Gasteiger partial charge < -0.3 is 10.4 Å². The van der Waals surface area contributed by atoms with Gasteiger partial charge in [0.15, 0.2) is 0 Å². The first-order valence-corrected chi connectivity index (χ1v) is 8.17. The number of hydrogen-bond donors (Lipinski definition) is 2. The summed E-state index contributed by atoms with van der Waals surface area (Å²) in [6.07, 6.45) is 0.630. The highest BCUT2D eigenvalue weighted by molar-refractivity contribution is 9.10. The van der Waals surface area contributed by atoms with E-state index in [9.17, 15) is 19.1 Å². The molecule has 0 spiro atoms. The highest BCUT2D eigenvalue weighted by Crippen LogP contribution is 2.32. The number of anilines is 1. The lowest BCUT2D eigenvalue weighted by molar-refractivity contribution is -0.141. The van der Waals surface area contributed by atoms with Gasteiger partial charge >= 0.3 is 12.0 Å². The molecule has 0 aliphatic carbocycles. The molecule has 1 aromatic rings. The summed E-state index contributed by atoms with van der Waals surface area (Å²) in [7, 11) is 0. The molecule has 1 saturated heterocycles. The molecule has 2 unspecified atom stereocenters. The molecule has 0 aromatic heterocycles. The summed E-state index contributed by atoms with van der Waals surface area (Å²) >= 11 is 4.55. The van der Waals surface area contributed by atoms with Crippen LogP contribution in [0.15, 0.2) is 22.7 Å². The number of halogens is 2. The number of aliphatic carboxylic acids is 1. The maximum atomic E-state index is 13.7. The van der Waals surface area contributed by atoms with Crippen molar-refractivity contribution in [3.63, 3.8) is 0 Å². The highest BCUT2D eigenvalue weighted by Gasteiger charge is 2.41. The second-order valence-electron chi connectivity index (χ2n) is 4.51. The Balaban J connectivity index is 2.18. The number of urea groups is 1. The molecule has 1 aromatic carbocycles. The number of carboxylic acids is 1. The van der Waals surface area contributed by atoms with Crippen molar-refractivity contribution < 1.29 is 19.1 Å². The minimum Gasteiger partial charge on any atom is -0.480 e.